The highest BCUT2D eigenvalue weighted by atomic mass is 35.5. The Kier molecular flexibility index (Phi) is 19.3. The number of guanidine groups is 1. The number of carbonyl (C=O) groups is 2. The van der Waals surface area contributed by atoms with E-state index in [-0.39, 0.29) is 40.2 Å². The van der Waals surface area contributed by atoms with E-state index in [9.17, 15) is 9.59 Å². The van der Waals surface area contributed by atoms with Crippen LogP contribution in [0.1, 0.15) is 73.8 Å². The van der Waals surface area contributed by atoms with Gasteiger partial charge >= 0.3 is 0 Å². The fourth-order valence-electron chi connectivity index (χ4n) is 4.79. The van der Waals surface area contributed by atoms with Crippen molar-refractivity contribution in [3.05, 3.63) is 40.7 Å². The van der Waals surface area contributed by atoms with Crippen LogP contribution in [0.5, 0.6) is 5.75 Å². The van der Waals surface area contributed by atoms with Gasteiger partial charge < -0.3 is 44.5 Å². The van der Waals surface area contributed by atoms with Gasteiger partial charge in [0.2, 0.25) is 5.91 Å². The quantitative estimate of drug-likeness (QED) is 0.0422. The number of hydrogen-bond acceptors (Lipinski definition) is 12. The summed E-state index contributed by atoms with van der Waals surface area (Å²) in [6.07, 6.45) is 7.96. The Morgan fingerprint density at radius 1 is 0.959 bits per heavy atom. The number of nitrogens with zero attached hydrogens (tertiary/aromatic N) is 4. The third kappa shape index (κ3) is 17.1. The van der Waals surface area contributed by atoms with Gasteiger partial charge in [0.25, 0.3) is 5.91 Å². The predicted octanol–water partition coefficient (Wildman–Crippen LogP) is 1.11. The number of rotatable bonds is 24. The first-order valence-electron chi connectivity index (χ1n) is 16.7. The van der Waals surface area contributed by atoms with Crippen LogP contribution in [0.4, 0.5) is 11.6 Å². The number of ether oxygens (including phenoxy) is 1. The number of nitrogens with one attached hydrogen (secondary N) is 3. The van der Waals surface area contributed by atoms with Gasteiger partial charge in [0.15, 0.2) is 28.4 Å². The highest BCUT2D eigenvalue weighted by Gasteiger charge is 2.17. The molecule has 0 fully saturated rings. The van der Waals surface area contributed by atoms with Crippen LogP contribution in [0.3, 0.4) is 0 Å². The number of hydrogen-bond donors (Lipinski definition) is 9. The second kappa shape index (κ2) is 23.2. The van der Waals surface area contributed by atoms with Crippen molar-refractivity contribution in [1.29, 1.82) is 5.41 Å². The molecule has 1 atom stereocenters. The summed E-state index contributed by atoms with van der Waals surface area (Å²) in [5.74, 6) is -0.0969. The fourth-order valence-corrected chi connectivity index (χ4v) is 4.92. The molecule has 0 radical (unpaired) electrons. The monoisotopic (exact) mass is 703 g/mol. The minimum absolute atomic E-state index is 0.0561. The van der Waals surface area contributed by atoms with Crippen LogP contribution >= 0.6 is 11.6 Å². The van der Waals surface area contributed by atoms with E-state index >= 15 is 0 Å². The average Bonchev–Trinajstić information content (AvgIpc) is 3.06. The summed E-state index contributed by atoms with van der Waals surface area (Å²) >= 11 is 5.82. The van der Waals surface area contributed by atoms with E-state index in [2.05, 4.69) is 30.5 Å². The highest BCUT2D eigenvalue weighted by molar-refractivity contribution is 6.31. The lowest BCUT2D eigenvalue weighted by Gasteiger charge is -2.22. The van der Waals surface area contributed by atoms with Gasteiger partial charge in [-0.25, -0.2) is 9.97 Å². The van der Waals surface area contributed by atoms with Crippen LogP contribution in [-0.4, -0.2) is 90.4 Å². The van der Waals surface area contributed by atoms with Crippen molar-refractivity contribution in [2.45, 2.75) is 70.3 Å². The number of anilines is 2. The number of benzene rings is 1. The molecular weight excluding hydrogens is 650 g/mol. The molecule has 15 N–H and O–H groups in total. The van der Waals surface area contributed by atoms with Crippen LogP contribution in [0.2, 0.25) is 5.15 Å². The Balaban J connectivity index is 1.63. The third-order valence-corrected chi connectivity index (χ3v) is 7.82. The summed E-state index contributed by atoms with van der Waals surface area (Å²) in [6, 6.07) is 7.49. The molecule has 0 aliphatic rings. The van der Waals surface area contributed by atoms with E-state index in [1.54, 1.807) is 0 Å². The number of unbranched alkanes of at least 4 members (excludes halogenated alkanes) is 3. The Morgan fingerprint density at radius 3 is 2.41 bits per heavy atom. The van der Waals surface area contributed by atoms with Gasteiger partial charge in [-0.15, -0.1) is 0 Å². The van der Waals surface area contributed by atoms with Gasteiger partial charge in [0.05, 0.1) is 11.9 Å². The molecule has 2 aromatic rings. The lowest BCUT2D eigenvalue weighted by molar-refractivity contribution is -0.122. The van der Waals surface area contributed by atoms with Crippen LogP contribution < -0.4 is 49.8 Å². The maximum absolute atomic E-state index is 12.3. The van der Waals surface area contributed by atoms with Crippen molar-refractivity contribution in [2.24, 2.45) is 27.9 Å². The number of nitrogen functional groups attached to an aromatic ring is 2. The first kappa shape index (κ1) is 40.9. The molecule has 1 aromatic heterocycles. The topological polar surface area (TPSA) is 289 Å². The first-order valence-corrected chi connectivity index (χ1v) is 17.1. The predicted molar refractivity (Wildman–Crippen MR) is 195 cm³/mol. The molecule has 49 heavy (non-hydrogen) atoms. The molecule has 272 valence electrons. The zero-order chi connectivity index (χ0) is 36.0. The van der Waals surface area contributed by atoms with Crippen molar-refractivity contribution >= 4 is 46.8 Å². The van der Waals surface area contributed by atoms with Crippen LogP contribution in [0.25, 0.3) is 0 Å². The molecule has 0 saturated carbocycles. The number of nitrogens with two attached hydrogens (primary N) is 6. The van der Waals surface area contributed by atoms with E-state index in [0.717, 1.165) is 76.8 Å². The van der Waals surface area contributed by atoms with Gasteiger partial charge in [0, 0.05) is 26.1 Å². The zero-order valence-corrected chi connectivity index (χ0v) is 29.0. The summed E-state index contributed by atoms with van der Waals surface area (Å²) in [4.78, 5) is 38.7. The number of amidine groups is 1. The molecule has 2 rings (SSSR count). The van der Waals surface area contributed by atoms with Gasteiger partial charge in [-0.2, -0.15) is 0 Å². The third-order valence-electron chi connectivity index (χ3n) is 7.54. The number of carbonyl (C=O) groups excluding carboxylic acids is 2. The summed E-state index contributed by atoms with van der Waals surface area (Å²) in [6.45, 7) is 4.54. The van der Waals surface area contributed by atoms with E-state index in [1.165, 1.54) is 5.56 Å². The van der Waals surface area contributed by atoms with Crippen molar-refractivity contribution < 1.29 is 14.3 Å². The Hall–Kier alpha value is -4.25. The lowest BCUT2D eigenvalue weighted by atomic mass is 10.1. The van der Waals surface area contributed by atoms with Gasteiger partial charge in [0.1, 0.15) is 12.4 Å². The molecule has 0 aliphatic heterocycles. The number of halogens is 1. The number of aryl methyl sites for hydroxylation is 1. The summed E-state index contributed by atoms with van der Waals surface area (Å²) < 4.78 is 5.99. The normalized spacial score (nSPS) is 12.1. The molecule has 1 heterocycles. The Bertz CT molecular complexity index is 1340. The van der Waals surface area contributed by atoms with Gasteiger partial charge in [-0.1, -0.05) is 36.6 Å². The van der Waals surface area contributed by atoms with Crippen molar-refractivity contribution in [3.63, 3.8) is 0 Å². The second-order valence-electron chi connectivity index (χ2n) is 11.7. The number of amides is 2. The van der Waals surface area contributed by atoms with E-state index in [4.69, 9.17) is 56.1 Å². The maximum Gasteiger partial charge on any atom is 0.280 e. The van der Waals surface area contributed by atoms with Crippen molar-refractivity contribution in [2.75, 3.05) is 57.3 Å². The van der Waals surface area contributed by atoms with Gasteiger partial charge in [-0.3, -0.25) is 30.2 Å². The minimum atomic E-state index is -0.674. The zero-order valence-electron chi connectivity index (χ0n) is 28.3. The molecule has 0 unspecified atom stereocenters. The van der Waals surface area contributed by atoms with E-state index in [1.807, 2.05) is 24.3 Å². The number of aromatic nitrogens is 2. The highest BCUT2D eigenvalue weighted by Crippen LogP contribution is 2.17. The summed E-state index contributed by atoms with van der Waals surface area (Å²) in [7, 11) is 0. The van der Waals surface area contributed by atoms with Crippen molar-refractivity contribution in [1.82, 2.24) is 25.5 Å². The smallest absolute Gasteiger partial charge is 0.280 e. The fraction of sp³-hybridized carbons (Fsp3) is 0.562. The van der Waals surface area contributed by atoms with Crippen LogP contribution in [0, 0.1) is 5.41 Å². The summed E-state index contributed by atoms with van der Waals surface area (Å²) in [5.41, 5.74) is 35.2. The molecule has 0 spiro atoms. The van der Waals surface area contributed by atoms with Gasteiger partial charge in [-0.05, 0) is 82.3 Å². The number of aliphatic imine (C=N–C) groups is 1. The Morgan fingerprint density at radius 2 is 1.69 bits per heavy atom. The second-order valence-corrected chi connectivity index (χ2v) is 12.0. The summed E-state index contributed by atoms with van der Waals surface area (Å²) in [5, 5.41) is 12.5. The molecule has 16 nitrogen and oxygen atoms in total. The molecular formula is C32H54ClN13O3. The largest absolute Gasteiger partial charge is 0.492 e. The average molecular weight is 704 g/mol. The van der Waals surface area contributed by atoms with Crippen LogP contribution in [-0.2, 0) is 11.2 Å². The molecule has 0 saturated heterocycles. The maximum atomic E-state index is 12.3. The molecule has 17 heteroatoms. The van der Waals surface area contributed by atoms with Crippen LogP contribution in [0.15, 0.2) is 29.3 Å². The minimum Gasteiger partial charge on any atom is -0.492 e. The van der Waals surface area contributed by atoms with E-state index < -0.39 is 11.9 Å². The Labute approximate surface area is 293 Å². The molecule has 1 aromatic carbocycles. The van der Waals surface area contributed by atoms with Crippen molar-refractivity contribution in [3.8, 4) is 5.75 Å². The molecule has 0 aliphatic carbocycles. The van der Waals surface area contributed by atoms with E-state index in [0.29, 0.717) is 39.1 Å². The molecule has 0 bridgehead atoms. The first-order chi connectivity index (χ1) is 23.5. The SMILES string of the molecule is N=C(N)CCCCC[C@H](N)C(=O)NCCCN(CCCN)CCOc1ccc(CCCCN=C(N)NC(=O)c2nc(Cl)c(N)nc2N)cc1. The molecule has 2 amide bonds. The lowest BCUT2D eigenvalue weighted by Crippen LogP contribution is -2.41. The standard InChI is InChI=1S/C32H54ClN13O3/c33-27-29(39)44-28(38)26(43-27)31(48)45-32(40)42-16-5-4-8-22-11-13-23(14-12-22)49-21-20-46(18-6-15-34)19-7-17-41-30(47)24(35)9-2-1-3-10-25(36)37/h11-14,24H,1-10,15-21,34-35H2,(H3,36,37)(H,41,47)(H4,38,39,44)(H3,40,42,45,48)/t24-/m0/s1.